The van der Waals surface area contributed by atoms with Crippen LogP contribution < -0.4 is 15.4 Å². The van der Waals surface area contributed by atoms with Crippen LogP contribution >= 0.6 is 0 Å². The highest BCUT2D eigenvalue weighted by Crippen LogP contribution is 2.25. The summed E-state index contributed by atoms with van der Waals surface area (Å²) in [5.74, 6) is 0.846. The first-order chi connectivity index (χ1) is 8.28. The fourth-order valence-corrected chi connectivity index (χ4v) is 2.21. The van der Waals surface area contributed by atoms with Crippen LogP contribution in [0, 0.1) is 0 Å². The molecule has 1 heterocycles. The number of ether oxygens (including phenoxy) is 1. The Bertz CT molecular complexity index is 345. The van der Waals surface area contributed by atoms with E-state index in [4.69, 9.17) is 4.74 Å². The van der Waals surface area contributed by atoms with Crippen molar-refractivity contribution in [1.82, 2.24) is 5.32 Å². The highest BCUT2D eigenvalue weighted by molar-refractivity contribution is 5.48. The van der Waals surface area contributed by atoms with E-state index in [9.17, 15) is 5.11 Å². The van der Waals surface area contributed by atoms with Gasteiger partial charge in [-0.3, -0.25) is 0 Å². The van der Waals surface area contributed by atoms with Crippen molar-refractivity contribution in [3.63, 3.8) is 0 Å². The lowest BCUT2D eigenvalue weighted by Crippen LogP contribution is -2.50. The molecule has 17 heavy (non-hydrogen) atoms. The van der Waals surface area contributed by atoms with Crippen molar-refractivity contribution in [3.05, 3.63) is 24.3 Å². The van der Waals surface area contributed by atoms with Crippen molar-refractivity contribution in [3.8, 4) is 5.75 Å². The molecule has 0 unspecified atom stereocenters. The molecule has 1 aliphatic rings. The number of anilines is 1. The van der Waals surface area contributed by atoms with E-state index in [1.165, 1.54) is 0 Å². The molecule has 0 atom stereocenters. The van der Waals surface area contributed by atoms with E-state index in [1.807, 2.05) is 24.3 Å². The number of aliphatic hydroxyl groups excluding tert-OH is 1. The first-order valence-electron chi connectivity index (χ1n) is 6.02. The summed E-state index contributed by atoms with van der Waals surface area (Å²) in [7, 11) is 1.66. The Morgan fingerprint density at radius 3 is 2.47 bits per heavy atom. The van der Waals surface area contributed by atoms with E-state index in [0.29, 0.717) is 0 Å². The minimum absolute atomic E-state index is 0.167. The van der Waals surface area contributed by atoms with Gasteiger partial charge in [-0.25, -0.2) is 0 Å². The molecule has 1 fully saturated rings. The molecule has 0 radical (unpaired) electrons. The summed E-state index contributed by atoms with van der Waals surface area (Å²) in [4.78, 5) is 0. The van der Waals surface area contributed by atoms with E-state index in [0.717, 1.165) is 37.4 Å². The van der Waals surface area contributed by atoms with Crippen LogP contribution in [0.5, 0.6) is 5.75 Å². The van der Waals surface area contributed by atoms with Crippen LogP contribution in [0.2, 0.25) is 0 Å². The predicted octanol–water partition coefficient (Wildman–Crippen LogP) is 1.22. The molecular weight excluding hydrogens is 216 g/mol. The Balaban J connectivity index is 2.06. The third-order valence-corrected chi connectivity index (χ3v) is 3.36. The second-order valence-electron chi connectivity index (χ2n) is 4.54. The topological polar surface area (TPSA) is 53.5 Å². The molecule has 0 bridgehead atoms. The first kappa shape index (κ1) is 12.2. The average molecular weight is 236 g/mol. The number of piperidine rings is 1. The normalized spacial score (nSPS) is 18.7. The minimum Gasteiger partial charge on any atom is -0.497 e. The van der Waals surface area contributed by atoms with Crippen molar-refractivity contribution in [2.45, 2.75) is 18.4 Å². The molecule has 0 saturated carbocycles. The van der Waals surface area contributed by atoms with Crippen LogP contribution in [0.4, 0.5) is 5.69 Å². The second-order valence-corrected chi connectivity index (χ2v) is 4.54. The van der Waals surface area contributed by atoms with Crippen LogP contribution in [0.3, 0.4) is 0 Å². The van der Waals surface area contributed by atoms with Gasteiger partial charge in [0.05, 0.1) is 19.3 Å². The first-order valence-corrected chi connectivity index (χ1v) is 6.02. The SMILES string of the molecule is COc1ccc(NC2(CO)CCNCC2)cc1. The maximum Gasteiger partial charge on any atom is 0.119 e. The number of hydrogen-bond donors (Lipinski definition) is 3. The molecule has 0 aliphatic carbocycles. The number of benzene rings is 1. The number of hydrogen-bond acceptors (Lipinski definition) is 4. The average Bonchev–Trinajstić information content (AvgIpc) is 2.41. The summed E-state index contributed by atoms with van der Waals surface area (Å²) in [6.07, 6.45) is 1.88. The van der Waals surface area contributed by atoms with E-state index in [2.05, 4.69) is 10.6 Å². The Hall–Kier alpha value is -1.26. The van der Waals surface area contributed by atoms with Gasteiger partial charge in [0.1, 0.15) is 5.75 Å². The molecule has 0 spiro atoms. The zero-order chi connectivity index (χ0) is 12.1. The molecule has 2 rings (SSSR count). The minimum atomic E-state index is -0.181. The molecule has 1 saturated heterocycles. The van der Waals surface area contributed by atoms with E-state index < -0.39 is 0 Å². The van der Waals surface area contributed by atoms with Gasteiger partial charge in [0, 0.05) is 5.69 Å². The summed E-state index contributed by atoms with van der Waals surface area (Å²) in [5.41, 5.74) is 0.849. The monoisotopic (exact) mass is 236 g/mol. The van der Waals surface area contributed by atoms with Crippen molar-refractivity contribution >= 4 is 5.69 Å². The molecule has 0 aromatic heterocycles. The quantitative estimate of drug-likeness (QED) is 0.736. The summed E-state index contributed by atoms with van der Waals surface area (Å²) in [6.45, 7) is 2.06. The maximum absolute atomic E-state index is 9.59. The van der Waals surface area contributed by atoms with Crippen LogP contribution in [0.1, 0.15) is 12.8 Å². The molecule has 4 heteroatoms. The highest BCUT2D eigenvalue weighted by Gasteiger charge is 2.30. The zero-order valence-corrected chi connectivity index (χ0v) is 10.2. The smallest absolute Gasteiger partial charge is 0.119 e. The van der Waals surface area contributed by atoms with Gasteiger partial charge in [0.15, 0.2) is 0 Å². The largest absolute Gasteiger partial charge is 0.497 e. The molecule has 0 amide bonds. The van der Waals surface area contributed by atoms with Crippen molar-refractivity contribution in [1.29, 1.82) is 0 Å². The number of aliphatic hydroxyl groups is 1. The van der Waals surface area contributed by atoms with Crippen LogP contribution in [0.25, 0.3) is 0 Å². The number of nitrogens with one attached hydrogen (secondary N) is 2. The maximum atomic E-state index is 9.59. The zero-order valence-electron chi connectivity index (χ0n) is 10.2. The number of rotatable bonds is 4. The van der Waals surface area contributed by atoms with E-state index in [-0.39, 0.29) is 12.1 Å². The van der Waals surface area contributed by atoms with Crippen molar-refractivity contribution in [2.75, 3.05) is 32.1 Å². The standard InChI is InChI=1S/C13H20N2O2/c1-17-12-4-2-11(3-5-12)15-13(10-16)6-8-14-9-7-13/h2-5,14-16H,6-10H2,1H3. The van der Waals surface area contributed by atoms with Crippen LogP contribution in [-0.2, 0) is 0 Å². The fraction of sp³-hybridized carbons (Fsp3) is 0.538. The lowest BCUT2D eigenvalue weighted by Gasteiger charge is -2.37. The lowest BCUT2D eigenvalue weighted by molar-refractivity contribution is 0.179. The summed E-state index contributed by atoms with van der Waals surface area (Å²) in [5, 5.41) is 16.3. The molecule has 1 aromatic carbocycles. The molecule has 1 aromatic rings. The fourth-order valence-electron chi connectivity index (χ4n) is 2.21. The van der Waals surface area contributed by atoms with Crippen LogP contribution in [0.15, 0.2) is 24.3 Å². The van der Waals surface area contributed by atoms with Gasteiger partial charge < -0.3 is 20.5 Å². The predicted molar refractivity (Wildman–Crippen MR) is 68.5 cm³/mol. The van der Waals surface area contributed by atoms with Gasteiger partial charge in [-0.15, -0.1) is 0 Å². The van der Waals surface area contributed by atoms with E-state index in [1.54, 1.807) is 7.11 Å². The van der Waals surface area contributed by atoms with Gasteiger partial charge in [-0.1, -0.05) is 0 Å². The molecular formula is C13H20N2O2. The molecule has 3 N–H and O–H groups in total. The Morgan fingerprint density at radius 1 is 1.29 bits per heavy atom. The van der Waals surface area contributed by atoms with Gasteiger partial charge in [-0.05, 0) is 50.2 Å². The third-order valence-electron chi connectivity index (χ3n) is 3.36. The van der Waals surface area contributed by atoms with Crippen molar-refractivity contribution in [2.24, 2.45) is 0 Å². The highest BCUT2D eigenvalue weighted by atomic mass is 16.5. The van der Waals surface area contributed by atoms with Gasteiger partial charge in [0.25, 0.3) is 0 Å². The molecule has 1 aliphatic heterocycles. The van der Waals surface area contributed by atoms with Gasteiger partial charge >= 0.3 is 0 Å². The third kappa shape index (κ3) is 2.90. The Kier molecular flexibility index (Phi) is 3.86. The lowest BCUT2D eigenvalue weighted by atomic mass is 9.89. The Morgan fingerprint density at radius 2 is 1.94 bits per heavy atom. The Labute approximate surface area is 102 Å². The van der Waals surface area contributed by atoms with Gasteiger partial charge in [-0.2, -0.15) is 0 Å². The summed E-state index contributed by atoms with van der Waals surface area (Å²) < 4.78 is 5.12. The van der Waals surface area contributed by atoms with Crippen molar-refractivity contribution < 1.29 is 9.84 Å². The number of methoxy groups -OCH3 is 1. The van der Waals surface area contributed by atoms with Gasteiger partial charge in [0.2, 0.25) is 0 Å². The summed E-state index contributed by atoms with van der Waals surface area (Å²) >= 11 is 0. The summed E-state index contributed by atoms with van der Waals surface area (Å²) in [6, 6.07) is 7.82. The second kappa shape index (κ2) is 5.38. The molecule has 4 nitrogen and oxygen atoms in total. The van der Waals surface area contributed by atoms with E-state index >= 15 is 0 Å². The van der Waals surface area contributed by atoms with Crippen LogP contribution in [-0.4, -0.2) is 37.5 Å². The molecule has 94 valence electrons.